The van der Waals surface area contributed by atoms with E-state index in [4.69, 9.17) is 37.9 Å². The Kier molecular flexibility index (Phi) is 11.3. The Morgan fingerprint density at radius 2 is 0.600 bits per heavy atom. The van der Waals surface area contributed by atoms with Crippen LogP contribution in [-0.2, 0) is 30.5 Å². The molecule has 0 N–H and O–H groups in total. The molecule has 0 bridgehead atoms. The summed E-state index contributed by atoms with van der Waals surface area (Å²) in [5.74, 6) is 1.78. The molecule has 1 aliphatic carbocycles. The van der Waals surface area contributed by atoms with Gasteiger partial charge in [-0.2, -0.15) is 0 Å². The van der Waals surface area contributed by atoms with Gasteiger partial charge in [-0.1, -0.05) is 36.4 Å². The van der Waals surface area contributed by atoms with Gasteiger partial charge in [0.25, 0.3) is 11.6 Å². The molecule has 10 heteroatoms. The van der Waals surface area contributed by atoms with Crippen molar-refractivity contribution in [1.82, 2.24) is 0 Å². The summed E-state index contributed by atoms with van der Waals surface area (Å²) in [7, 11) is 10.1. The molecule has 0 fully saturated rings. The fourth-order valence-electron chi connectivity index (χ4n) is 9.94. The van der Waals surface area contributed by atoms with Crippen LogP contribution in [-0.4, -0.2) is 42.7 Å². The lowest BCUT2D eigenvalue weighted by Crippen LogP contribution is -2.49. The lowest BCUT2D eigenvalue weighted by atomic mass is 9.71. The van der Waals surface area contributed by atoms with Gasteiger partial charge < -0.3 is 47.7 Å². The average Bonchev–Trinajstić information content (AvgIpc) is 3.43. The zero-order chi connectivity index (χ0) is 48.0. The lowest BCUT2D eigenvalue weighted by Gasteiger charge is -2.50. The highest BCUT2D eigenvalue weighted by molar-refractivity contribution is 5.90. The molecule has 0 spiro atoms. The predicted molar refractivity (Wildman–Crippen MR) is 275 cm³/mol. The predicted octanol–water partition coefficient (Wildman–Crippen LogP) is 13.7. The van der Waals surface area contributed by atoms with Crippen LogP contribution in [0.25, 0.3) is 23.7 Å². The van der Waals surface area contributed by atoms with Crippen LogP contribution in [0, 0.1) is 0 Å². The minimum atomic E-state index is -1.33. The molecule has 0 saturated carbocycles. The number of benzene rings is 8. The lowest BCUT2D eigenvalue weighted by molar-refractivity contribution is -0.197. The first kappa shape index (κ1) is 44.1. The fourth-order valence-corrected chi connectivity index (χ4v) is 9.94. The molecule has 8 aromatic carbocycles. The number of anilines is 6. The van der Waals surface area contributed by atoms with Crippen LogP contribution in [0.3, 0.4) is 0 Å². The Balaban J connectivity index is 0.983. The van der Waals surface area contributed by atoms with Gasteiger partial charge in [0.15, 0.2) is 0 Å². The maximum absolute atomic E-state index is 7.22. The number of nitrogens with zero attached hydrogens (tertiary/aromatic N) is 2. The smallest absolute Gasteiger partial charge is 0.265 e. The molecule has 2 heterocycles. The minimum Gasteiger partial charge on any atom is -0.497 e. The first-order valence-electron chi connectivity index (χ1n) is 22.9. The van der Waals surface area contributed by atoms with Crippen molar-refractivity contribution >= 4 is 57.8 Å². The van der Waals surface area contributed by atoms with E-state index in [1.165, 1.54) is 0 Å². The molecular formula is C60H50N2O8. The summed E-state index contributed by atoms with van der Waals surface area (Å²) in [6, 6.07) is 61.1. The van der Waals surface area contributed by atoms with Crippen molar-refractivity contribution in [2.24, 2.45) is 0 Å². The van der Waals surface area contributed by atoms with Crippen LogP contribution < -0.4 is 28.7 Å². The van der Waals surface area contributed by atoms with Crippen LogP contribution >= 0.6 is 0 Å². The summed E-state index contributed by atoms with van der Waals surface area (Å²) < 4.78 is 49.6. The van der Waals surface area contributed by atoms with Crippen LogP contribution in [0.4, 0.5) is 34.1 Å². The first-order valence-corrected chi connectivity index (χ1v) is 22.9. The van der Waals surface area contributed by atoms with Crippen LogP contribution in [0.1, 0.15) is 44.5 Å². The Bertz CT molecular complexity index is 2950. The second-order valence-electron chi connectivity index (χ2n) is 17.0. The van der Waals surface area contributed by atoms with Gasteiger partial charge in [-0.15, -0.1) is 0 Å². The molecular weight excluding hydrogens is 877 g/mol. The van der Waals surface area contributed by atoms with E-state index < -0.39 is 11.6 Å². The number of ether oxygens (including phenoxy) is 8. The number of hydrogen-bond donors (Lipinski definition) is 0. The average molecular weight is 927 g/mol. The summed E-state index contributed by atoms with van der Waals surface area (Å²) in [6.45, 7) is 0. The third kappa shape index (κ3) is 7.27. The van der Waals surface area contributed by atoms with Gasteiger partial charge in [0.1, 0.15) is 34.5 Å². The minimum absolute atomic E-state index is 0.660. The highest BCUT2D eigenvalue weighted by Gasteiger charge is 2.59. The Labute approximate surface area is 407 Å². The maximum Gasteiger partial charge on any atom is 0.265 e. The van der Waals surface area contributed by atoms with E-state index in [9.17, 15) is 0 Å². The summed E-state index contributed by atoms with van der Waals surface area (Å²) in [4.78, 5) is 4.38. The molecule has 0 amide bonds. The second-order valence-corrected chi connectivity index (χ2v) is 17.0. The Morgan fingerprint density at radius 3 is 0.857 bits per heavy atom. The topological polar surface area (TPSA) is 80.3 Å². The molecule has 2 aliphatic heterocycles. The third-order valence-electron chi connectivity index (χ3n) is 13.4. The van der Waals surface area contributed by atoms with E-state index in [1.807, 2.05) is 121 Å². The standard InChI is InChI=1S/C60H50N2O8/c1-63-49-29-21-45(22-30-49)61(46-23-31-50(64-2)32-24-46)43-17-13-39(14-18-43)55-37-41-11-12-42-38-56(70-60(68-6)54-10-8-7-9-53(54)59(67-5,69-55)57(41)58(42)60)40-15-19-44(20-16-40)62(47-25-33-51(65-3)34-26-47)48-27-35-52(66-4)36-28-48/h7-38H,1-6H3. The molecule has 348 valence electrons. The zero-order valence-corrected chi connectivity index (χ0v) is 39.6. The van der Waals surface area contributed by atoms with E-state index in [2.05, 4.69) is 82.6 Å². The molecule has 2 atom stereocenters. The molecule has 3 aliphatic rings. The van der Waals surface area contributed by atoms with E-state index >= 15 is 0 Å². The van der Waals surface area contributed by atoms with E-state index in [0.717, 1.165) is 102 Å². The van der Waals surface area contributed by atoms with Gasteiger partial charge in [0, 0.05) is 81.7 Å². The van der Waals surface area contributed by atoms with Gasteiger partial charge in [-0.25, -0.2) is 0 Å². The van der Waals surface area contributed by atoms with E-state index in [1.54, 1.807) is 42.7 Å². The number of methoxy groups -OCH3 is 6. The van der Waals surface area contributed by atoms with Gasteiger partial charge >= 0.3 is 0 Å². The SMILES string of the molecule is COc1ccc(N(c2ccc(OC)cc2)c2ccc(C3=Cc4ccc5c6c4C(OC)(O3)c3ccccc3C6(OC)OC(c3ccc(N(c4ccc(OC)cc4)c4ccc(OC)cc4)cc3)=C5)cc2)cc1. The molecule has 70 heavy (non-hydrogen) atoms. The van der Waals surface area contributed by atoms with Gasteiger partial charge in [-0.3, -0.25) is 0 Å². The van der Waals surface area contributed by atoms with E-state index in [0.29, 0.717) is 11.5 Å². The second kappa shape index (κ2) is 17.9. The van der Waals surface area contributed by atoms with Gasteiger partial charge in [-0.05, 0) is 169 Å². The number of hydrogen-bond acceptors (Lipinski definition) is 10. The summed E-state index contributed by atoms with van der Waals surface area (Å²) in [5, 5.41) is 0. The molecule has 0 saturated heterocycles. The quantitative estimate of drug-likeness (QED) is 0.105. The largest absolute Gasteiger partial charge is 0.497 e. The normalized spacial score (nSPS) is 17.1. The molecule has 0 aromatic heterocycles. The Hall–Kier alpha value is -8.44. The number of rotatable bonds is 14. The van der Waals surface area contributed by atoms with Crippen molar-refractivity contribution in [2.75, 3.05) is 52.5 Å². The molecule has 2 unspecified atom stereocenters. The van der Waals surface area contributed by atoms with Crippen molar-refractivity contribution in [1.29, 1.82) is 0 Å². The van der Waals surface area contributed by atoms with Crippen LogP contribution in [0.2, 0.25) is 0 Å². The van der Waals surface area contributed by atoms with E-state index in [-0.39, 0.29) is 0 Å². The monoisotopic (exact) mass is 926 g/mol. The number of fused-ring (bicyclic) bond motifs is 3. The van der Waals surface area contributed by atoms with Gasteiger partial charge in [0.2, 0.25) is 0 Å². The van der Waals surface area contributed by atoms with Crippen molar-refractivity contribution in [3.63, 3.8) is 0 Å². The first-order chi connectivity index (χ1) is 34.3. The third-order valence-corrected chi connectivity index (χ3v) is 13.4. The highest BCUT2D eigenvalue weighted by atomic mass is 16.7. The van der Waals surface area contributed by atoms with Crippen LogP contribution in [0.15, 0.2) is 182 Å². The van der Waals surface area contributed by atoms with Crippen molar-refractivity contribution < 1.29 is 37.9 Å². The highest BCUT2D eigenvalue weighted by Crippen LogP contribution is 2.60. The fraction of sp³-hybridized carbons (Fsp3) is 0.133. The maximum atomic E-state index is 7.22. The molecule has 10 nitrogen and oxygen atoms in total. The zero-order valence-electron chi connectivity index (χ0n) is 39.6. The summed E-state index contributed by atoms with van der Waals surface area (Å²) >= 11 is 0. The summed E-state index contributed by atoms with van der Waals surface area (Å²) in [6.07, 6.45) is 4.16. The molecule has 8 aromatic rings. The van der Waals surface area contributed by atoms with Crippen molar-refractivity contribution in [3.05, 3.63) is 226 Å². The summed E-state index contributed by atoms with van der Waals surface area (Å²) in [5.41, 5.74) is 12.7. The molecule has 11 rings (SSSR count). The van der Waals surface area contributed by atoms with Gasteiger partial charge in [0.05, 0.1) is 28.4 Å². The Morgan fingerprint density at radius 1 is 0.329 bits per heavy atom. The molecule has 0 radical (unpaired) electrons. The van der Waals surface area contributed by atoms with Crippen molar-refractivity contribution in [3.8, 4) is 23.0 Å². The van der Waals surface area contributed by atoms with Crippen molar-refractivity contribution in [2.45, 2.75) is 11.6 Å². The van der Waals surface area contributed by atoms with Crippen LogP contribution in [0.5, 0.6) is 23.0 Å².